The molecule has 0 amide bonds. The summed E-state index contributed by atoms with van der Waals surface area (Å²) in [6.07, 6.45) is 5.18. The Hall–Kier alpha value is -1.00. The van der Waals surface area contributed by atoms with Crippen LogP contribution in [0.5, 0.6) is 0 Å². The second kappa shape index (κ2) is 7.85. The third kappa shape index (κ3) is 4.24. The molecule has 1 fully saturated rings. The molecule has 1 N–H and O–H groups in total. The normalized spacial score (nSPS) is 22.4. The monoisotopic (exact) mass is 293 g/mol. The first-order valence-electron chi connectivity index (χ1n) is 8.24. The average molecular weight is 293 g/mol. The van der Waals surface area contributed by atoms with Crippen molar-refractivity contribution in [2.75, 3.05) is 19.6 Å². The maximum atomic E-state index is 13.1. The Morgan fingerprint density at radius 1 is 1.43 bits per heavy atom. The molecule has 1 aromatic heterocycles. The molecule has 3 nitrogen and oxygen atoms in total. The minimum absolute atomic E-state index is 0.189. The van der Waals surface area contributed by atoms with Crippen LogP contribution < -0.4 is 5.32 Å². The third-order valence-electron chi connectivity index (χ3n) is 4.55. The topological polar surface area (TPSA) is 28.2 Å². The van der Waals surface area contributed by atoms with Gasteiger partial charge in [0.2, 0.25) is 0 Å². The molecule has 21 heavy (non-hydrogen) atoms. The number of nitrogens with zero attached hydrogens (tertiary/aromatic N) is 2. The first-order valence-corrected chi connectivity index (χ1v) is 8.24. The van der Waals surface area contributed by atoms with Crippen molar-refractivity contribution in [2.24, 2.45) is 5.92 Å². The van der Waals surface area contributed by atoms with Gasteiger partial charge in [-0.1, -0.05) is 20.8 Å². The number of pyridine rings is 1. The number of hydrogen-bond acceptors (Lipinski definition) is 3. The van der Waals surface area contributed by atoms with Crippen molar-refractivity contribution < 1.29 is 4.39 Å². The van der Waals surface area contributed by atoms with Crippen molar-refractivity contribution in [1.82, 2.24) is 15.2 Å². The zero-order chi connectivity index (χ0) is 15.2. The molecule has 1 aliphatic heterocycles. The summed E-state index contributed by atoms with van der Waals surface area (Å²) >= 11 is 0. The fourth-order valence-electron chi connectivity index (χ4n) is 3.46. The average Bonchev–Trinajstić information content (AvgIpc) is 2.93. The maximum Gasteiger partial charge on any atom is 0.141 e. The molecule has 3 unspecified atom stereocenters. The van der Waals surface area contributed by atoms with Gasteiger partial charge in [0.15, 0.2) is 0 Å². The van der Waals surface area contributed by atoms with Crippen molar-refractivity contribution in [3.8, 4) is 0 Å². The van der Waals surface area contributed by atoms with Crippen molar-refractivity contribution in [3.63, 3.8) is 0 Å². The van der Waals surface area contributed by atoms with Crippen LogP contribution in [0, 0.1) is 11.7 Å². The molecule has 0 spiro atoms. The maximum absolute atomic E-state index is 13.1. The molecule has 1 saturated heterocycles. The summed E-state index contributed by atoms with van der Waals surface area (Å²) < 4.78 is 13.1. The lowest BCUT2D eigenvalue weighted by atomic mass is 9.97. The van der Waals surface area contributed by atoms with E-state index >= 15 is 0 Å². The van der Waals surface area contributed by atoms with Crippen LogP contribution in [0.3, 0.4) is 0 Å². The van der Waals surface area contributed by atoms with E-state index in [4.69, 9.17) is 0 Å². The highest BCUT2D eigenvalue weighted by molar-refractivity contribution is 5.11. The van der Waals surface area contributed by atoms with Gasteiger partial charge >= 0.3 is 0 Å². The zero-order valence-corrected chi connectivity index (χ0v) is 13.5. The van der Waals surface area contributed by atoms with Crippen LogP contribution >= 0.6 is 0 Å². The summed E-state index contributed by atoms with van der Waals surface area (Å²) in [5.41, 5.74) is 0.943. The van der Waals surface area contributed by atoms with Crippen molar-refractivity contribution in [2.45, 2.75) is 52.1 Å². The van der Waals surface area contributed by atoms with Gasteiger partial charge in [0.25, 0.3) is 0 Å². The summed E-state index contributed by atoms with van der Waals surface area (Å²) in [4.78, 5) is 6.89. The number of hydrogen-bond donors (Lipinski definition) is 1. The van der Waals surface area contributed by atoms with E-state index < -0.39 is 0 Å². The minimum atomic E-state index is -0.271. The Balaban J connectivity index is 2.04. The number of nitrogens with one attached hydrogen (secondary N) is 1. The predicted octanol–water partition coefficient (Wildman–Crippen LogP) is 3.38. The lowest BCUT2D eigenvalue weighted by Gasteiger charge is -2.31. The van der Waals surface area contributed by atoms with Crippen LogP contribution in [0.4, 0.5) is 4.39 Å². The van der Waals surface area contributed by atoms with Gasteiger partial charge in [-0.2, -0.15) is 0 Å². The summed E-state index contributed by atoms with van der Waals surface area (Å²) in [6.45, 7) is 9.83. The highest BCUT2D eigenvalue weighted by atomic mass is 19.1. The second-order valence-electron chi connectivity index (χ2n) is 6.11. The molecule has 0 aromatic carbocycles. The van der Waals surface area contributed by atoms with Gasteiger partial charge in [0.05, 0.1) is 17.9 Å². The lowest BCUT2D eigenvalue weighted by Crippen LogP contribution is -2.38. The Labute approximate surface area is 127 Å². The number of rotatable bonds is 7. The predicted molar refractivity (Wildman–Crippen MR) is 84.7 cm³/mol. The molecular formula is C17H28FN3. The molecule has 0 radical (unpaired) electrons. The fourth-order valence-corrected chi connectivity index (χ4v) is 3.46. The largest absolute Gasteiger partial charge is 0.309 e. The number of likely N-dealkylation sites (tertiary alicyclic amines) is 1. The summed E-state index contributed by atoms with van der Waals surface area (Å²) in [5.74, 6) is 0.183. The van der Waals surface area contributed by atoms with Crippen LogP contribution in [0.15, 0.2) is 18.3 Å². The van der Waals surface area contributed by atoms with E-state index in [9.17, 15) is 4.39 Å². The molecule has 0 bridgehead atoms. The summed E-state index contributed by atoms with van der Waals surface area (Å²) in [7, 11) is 0. The summed E-state index contributed by atoms with van der Waals surface area (Å²) in [5, 5.41) is 3.51. The number of halogens is 1. The summed E-state index contributed by atoms with van der Waals surface area (Å²) in [6, 6.07) is 4.23. The molecule has 3 atom stereocenters. The molecular weight excluding hydrogens is 265 g/mol. The minimum Gasteiger partial charge on any atom is -0.309 e. The van der Waals surface area contributed by atoms with Crippen molar-refractivity contribution >= 4 is 0 Å². The third-order valence-corrected chi connectivity index (χ3v) is 4.55. The Kier molecular flexibility index (Phi) is 6.12. The molecule has 2 rings (SSSR count). The number of aromatic nitrogens is 1. The highest BCUT2D eigenvalue weighted by Gasteiger charge is 2.28. The van der Waals surface area contributed by atoms with Crippen molar-refractivity contribution in [3.05, 3.63) is 29.8 Å². The van der Waals surface area contributed by atoms with Gasteiger partial charge in [0, 0.05) is 12.6 Å². The van der Waals surface area contributed by atoms with E-state index in [0.717, 1.165) is 24.8 Å². The first kappa shape index (κ1) is 16.4. The molecule has 118 valence electrons. The van der Waals surface area contributed by atoms with Crippen LogP contribution in [0.1, 0.15) is 51.8 Å². The van der Waals surface area contributed by atoms with Crippen molar-refractivity contribution in [1.29, 1.82) is 0 Å². The molecule has 1 aromatic rings. The van der Waals surface area contributed by atoms with Gasteiger partial charge < -0.3 is 10.2 Å². The van der Waals surface area contributed by atoms with Gasteiger partial charge in [-0.15, -0.1) is 0 Å². The van der Waals surface area contributed by atoms with Gasteiger partial charge in [-0.05, 0) is 50.4 Å². The van der Waals surface area contributed by atoms with Gasteiger partial charge in [-0.3, -0.25) is 4.98 Å². The molecule has 1 aliphatic rings. The van der Waals surface area contributed by atoms with Crippen LogP contribution in [-0.2, 0) is 0 Å². The van der Waals surface area contributed by atoms with E-state index in [1.807, 2.05) is 0 Å². The van der Waals surface area contributed by atoms with E-state index in [0.29, 0.717) is 5.92 Å². The zero-order valence-electron chi connectivity index (χ0n) is 13.5. The van der Waals surface area contributed by atoms with Crippen LogP contribution in [-0.4, -0.2) is 35.6 Å². The first-order chi connectivity index (χ1) is 10.2. The quantitative estimate of drug-likeness (QED) is 0.835. The second-order valence-corrected chi connectivity index (χ2v) is 6.11. The Morgan fingerprint density at radius 2 is 2.24 bits per heavy atom. The van der Waals surface area contributed by atoms with E-state index in [1.54, 1.807) is 6.07 Å². The fraction of sp³-hybridized carbons (Fsp3) is 0.706. The van der Waals surface area contributed by atoms with Crippen LogP contribution in [0.25, 0.3) is 0 Å². The van der Waals surface area contributed by atoms with E-state index in [-0.39, 0.29) is 11.9 Å². The highest BCUT2D eigenvalue weighted by Crippen LogP contribution is 2.26. The van der Waals surface area contributed by atoms with Crippen LogP contribution in [0.2, 0.25) is 0 Å². The standard InChI is InChI=1S/C17H28FN3/c1-4-15-7-6-10-21(15)12-13(3)17(19-5-2)16-9-8-14(18)11-20-16/h8-9,11,13,15,17,19H,4-7,10,12H2,1-3H3. The lowest BCUT2D eigenvalue weighted by molar-refractivity contribution is 0.192. The van der Waals surface area contributed by atoms with E-state index in [2.05, 4.69) is 36.0 Å². The van der Waals surface area contributed by atoms with Gasteiger partial charge in [-0.25, -0.2) is 4.39 Å². The smallest absolute Gasteiger partial charge is 0.141 e. The molecule has 0 aliphatic carbocycles. The Morgan fingerprint density at radius 3 is 2.86 bits per heavy atom. The van der Waals surface area contributed by atoms with E-state index in [1.165, 1.54) is 38.1 Å². The SMILES string of the molecule is CCNC(c1ccc(F)cn1)C(C)CN1CCCC1CC. The molecule has 2 heterocycles. The molecule has 4 heteroatoms. The molecule has 0 saturated carbocycles. The Bertz CT molecular complexity index is 421. The van der Waals surface area contributed by atoms with Gasteiger partial charge in [0.1, 0.15) is 5.82 Å².